The Labute approximate surface area is 123 Å². The molecule has 0 unspecified atom stereocenters. The highest BCUT2D eigenvalue weighted by atomic mass is 35.5. The maximum absolute atomic E-state index is 6.28. The third kappa shape index (κ3) is 2.29. The van der Waals surface area contributed by atoms with Gasteiger partial charge in [-0.15, -0.1) is 0 Å². The average Bonchev–Trinajstić information content (AvgIpc) is 2.82. The fraction of sp³-hybridized carbons (Fsp3) is 0.357. The summed E-state index contributed by atoms with van der Waals surface area (Å²) >= 11 is 6.28. The van der Waals surface area contributed by atoms with Crippen molar-refractivity contribution >= 4 is 17.4 Å². The molecule has 0 aliphatic carbocycles. The Balaban J connectivity index is 2.81. The number of aromatic amines is 1. The number of nitrogens with two attached hydrogens (primary N) is 1. The van der Waals surface area contributed by atoms with E-state index < -0.39 is 0 Å². The molecule has 2 aromatic rings. The average molecular weight is 296 g/mol. The van der Waals surface area contributed by atoms with E-state index in [1.54, 1.807) is 20.4 Å². The van der Waals surface area contributed by atoms with Crippen LogP contribution in [0.3, 0.4) is 0 Å². The predicted molar refractivity (Wildman–Crippen MR) is 80.6 cm³/mol. The van der Waals surface area contributed by atoms with Crippen LogP contribution in [0.5, 0.6) is 11.5 Å². The molecule has 0 amide bonds. The molecule has 0 radical (unpaired) electrons. The maximum atomic E-state index is 6.28. The van der Waals surface area contributed by atoms with Crippen LogP contribution in [0.15, 0.2) is 12.3 Å². The molecule has 5 nitrogen and oxygen atoms in total. The Bertz CT molecular complexity index is 623. The number of benzene rings is 1. The van der Waals surface area contributed by atoms with E-state index in [1.807, 2.05) is 6.07 Å². The minimum absolute atomic E-state index is 0.209. The smallest absolute Gasteiger partial charge is 0.179 e. The first kappa shape index (κ1) is 14.5. The molecule has 108 valence electrons. The lowest BCUT2D eigenvalue weighted by atomic mass is 9.92. The number of anilines is 1. The van der Waals surface area contributed by atoms with Gasteiger partial charge < -0.3 is 15.2 Å². The minimum Gasteiger partial charge on any atom is -0.492 e. The van der Waals surface area contributed by atoms with E-state index in [1.165, 1.54) is 0 Å². The van der Waals surface area contributed by atoms with Gasteiger partial charge in [0.05, 0.1) is 25.4 Å². The van der Waals surface area contributed by atoms with Gasteiger partial charge in [0.2, 0.25) is 0 Å². The van der Waals surface area contributed by atoms with Crippen molar-refractivity contribution in [3.63, 3.8) is 0 Å². The van der Waals surface area contributed by atoms with Crippen molar-refractivity contribution in [2.75, 3.05) is 20.0 Å². The zero-order valence-electron chi connectivity index (χ0n) is 12.0. The molecule has 20 heavy (non-hydrogen) atoms. The van der Waals surface area contributed by atoms with E-state index in [2.05, 4.69) is 24.0 Å². The van der Waals surface area contributed by atoms with Crippen LogP contribution in [0.1, 0.15) is 25.3 Å². The first-order valence-electron chi connectivity index (χ1n) is 6.24. The van der Waals surface area contributed by atoms with Crippen LogP contribution in [-0.4, -0.2) is 24.4 Å². The Morgan fingerprint density at radius 3 is 2.30 bits per heavy atom. The van der Waals surface area contributed by atoms with E-state index in [-0.39, 0.29) is 5.92 Å². The first-order chi connectivity index (χ1) is 9.51. The summed E-state index contributed by atoms with van der Waals surface area (Å²) in [5.41, 5.74) is 8.61. The molecule has 0 saturated heterocycles. The van der Waals surface area contributed by atoms with E-state index in [0.717, 1.165) is 16.7 Å². The zero-order valence-corrected chi connectivity index (χ0v) is 12.7. The van der Waals surface area contributed by atoms with Gasteiger partial charge in [-0.1, -0.05) is 25.4 Å². The fourth-order valence-corrected chi connectivity index (χ4v) is 2.59. The second kappa shape index (κ2) is 5.63. The third-order valence-corrected chi connectivity index (χ3v) is 3.45. The number of nitrogen functional groups attached to an aromatic ring is 1. The zero-order chi connectivity index (χ0) is 14.9. The van der Waals surface area contributed by atoms with Gasteiger partial charge in [0, 0.05) is 11.1 Å². The van der Waals surface area contributed by atoms with Crippen molar-refractivity contribution in [1.29, 1.82) is 0 Å². The summed E-state index contributed by atoms with van der Waals surface area (Å²) in [5, 5.41) is 7.17. The molecule has 0 aliphatic rings. The van der Waals surface area contributed by atoms with Gasteiger partial charge >= 0.3 is 0 Å². The number of H-pyrrole nitrogens is 1. The van der Waals surface area contributed by atoms with Crippen LogP contribution >= 0.6 is 11.6 Å². The van der Waals surface area contributed by atoms with Crippen molar-refractivity contribution in [3.05, 3.63) is 22.8 Å². The lowest BCUT2D eigenvalue weighted by Gasteiger charge is -2.20. The molecule has 0 bridgehead atoms. The second-order valence-corrected chi connectivity index (χ2v) is 5.15. The molecule has 0 aliphatic heterocycles. The van der Waals surface area contributed by atoms with Crippen LogP contribution in [0.4, 0.5) is 5.82 Å². The number of methoxy groups -OCH3 is 2. The number of ether oxygens (including phenoxy) is 2. The Morgan fingerprint density at radius 1 is 1.20 bits per heavy atom. The van der Waals surface area contributed by atoms with Crippen molar-refractivity contribution in [3.8, 4) is 22.6 Å². The van der Waals surface area contributed by atoms with E-state index in [0.29, 0.717) is 22.3 Å². The fourth-order valence-electron chi connectivity index (χ4n) is 2.32. The number of nitrogens with one attached hydrogen (secondary N) is 1. The van der Waals surface area contributed by atoms with Crippen molar-refractivity contribution < 1.29 is 9.47 Å². The first-order valence-corrected chi connectivity index (χ1v) is 6.62. The molecule has 1 heterocycles. The quantitative estimate of drug-likeness (QED) is 0.906. The second-order valence-electron chi connectivity index (χ2n) is 4.74. The van der Waals surface area contributed by atoms with Crippen molar-refractivity contribution in [2.45, 2.75) is 19.8 Å². The third-order valence-electron chi connectivity index (χ3n) is 3.17. The highest BCUT2D eigenvalue weighted by Gasteiger charge is 2.23. The topological polar surface area (TPSA) is 73.2 Å². The van der Waals surface area contributed by atoms with Crippen LogP contribution in [0, 0.1) is 0 Å². The summed E-state index contributed by atoms with van der Waals surface area (Å²) in [6.45, 7) is 4.15. The standard InChI is InChI=1S/C14H18ClN3O2/c1-7(2)11-8(9-6-17-18-14(9)16)5-10(15)12(19-3)13(11)20-4/h5-7H,1-4H3,(H3,16,17,18). The van der Waals surface area contributed by atoms with Gasteiger partial charge in [-0.25, -0.2) is 0 Å². The molecule has 0 spiro atoms. The summed E-state index contributed by atoms with van der Waals surface area (Å²) in [6, 6.07) is 1.83. The Morgan fingerprint density at radius 2 is 1.85 bits per heavy atom. The molecular weight excluding hydrogens is 278 g/mol. The molecular formula is C14H18ClN3O2. The Hall–Kier alpha value is -1.88. The predicted octanol–water partition coefficient (Wildman–Crippen LogP) is 3.45. The molecule has 6 heteroatoms. The summed E-state index contributed by atoms with van der Waals surface area (Å²) in [4.78, 5) is 0. The van der Waals surface area contributed by atoms with Crippen molar-refractivity contribution in [1.82, 2.24) is 10.2 Å². The number of rotatable bonds is 4. The maximum Gasteiger partial charge on any atom is 0.179 e. The van der Waals surface area contributed by atoms with Crippen LogP contribution in [-0.2, 0) is 0 Å². The summed E-state index contributed by atoms with van der Waals surface area (Å²) < 4.78 is 10.9. The number of nitrogens with zero attached hydrogens (tertiary/aromatic N) is 1. The number of hydrogen-bond acceptors (Lipinski definition) is 4. The van der Waals surface area contributed by atoms with Crippen molar-refractivity contribution in [2.24, 2.45) is 0 Å². The van der Waals surface area contributed by atoms with Gasteiger partial charge in [-0.3, -0.25) is 5.10 Å². The van der Waals surface area contributed by atoms with Gasteiger partial charge in [-0.05, 0) is 17.5 Å². The van der Waals surface area contributed by atoms with Gasteiger partial charge in [0.15, 0.2) is 11.5 Å². The summed E-state index contributed by atoms with van der Waals surface area (Å²) in [5.74, 6) is 1.87. The molecule has 2 rings (SSSR count). The lowest BCUT2D eigenvalue weighted by molar-refractivity contribution is 0.351. The Kier molecular flexibility index (Phi) is 4.09. The SMILES string of the molecule is COc1c(Cl)cc(-c2cn[nH]c2N)c(C(C)C)c1OC. The van der Waals surface area contributed by atoms with Crippen LogP contribution in [0.2, 0.25) is 5.02 Å². The minimum atomic E-state index is 0.209. The molecule has 1 aromatic carbocycles. The van der Waals surface area contributed by atoms with Gasteiger partial charge in [0.1, 0.15) is 5.82 Å². The molecule has 0 atom stereocenters. The number of hydrogen-bond donors (Lipinski definition) is 2. The number of halogens is 1. The van der Waals surface area contributed by atoms with E-state index in [9.17, 15) is 0 Å². The van der Waals surface area contributed by atoms with Crippen LogP contribution < -0.4 is 15.2 Å². The highest BCUT2D eigenvalue weighted by molar-refractivity contribution is 6.32. The van der Waals surface area contributed by atoms with Crippen LogP contribution in [0.25, 0.3) is 11.1 Å². The normalized spacial score (nSPS) is 10.9. The monoisotopic (exact) mass is 295 g/mol. The molecule has 1 aromatic heterocycles. The van der Waals surface area contributed by atoms with Gasteiger partial charge in [0.25, 0.3) is 0 Å². The molecule has 0 fully saturated rings. The number of aromatic nitrogens is 2. The molecule has 3 N–H and O–H groups in total. The van der Waals surface area contributed by atoms with Gasteiger partial charge in [-0.2, -0.15) is 5.10 Å². The van der Waals surface area contributed by atoms with E-state index >= 15 is 0 Å². The lowest BCUT2D eigenvalue weighted by Crippen LogP contribution is -2.02. The van der Waals surface area contributed by atoms with E-state index in [4.69, 9.17) is 26.8 Å². The molecule has 0 saturated carbocycles. The highest BCUT2D eigenvalue weighted by Crippen LogP contribution is 2.47. The summed E-state index contributed by atoms with van der Waals surface area (Å²) in [7, 11) is 3.17. The largest absolute Gasteiger partial charge is 0.492 e. The summed E-state index contributed by atoms with van der Waals surface area (Å²) in [6.07, 6.45) is 1.68.